The minimum Gasteiger partial charge on any atom is -0.444 e. The zero-order valence-electron chi connectivity index (χ0n) is 11.7. The van der Waals surface area contributed by atoms with Crippen LogP contribution in [0.4, 0.5) is 4.79 Å². The molecular formula is C14H19N3O2. The minimum atomic E-state index is -0.502. The maximum Gasteiger partial charge on any atom is 0.408 e. The van der Waals surface area contributed by atoms with Crippen LogP contribution in [0.2, 0.25) is 0 Å². The fraction of sp³-hybridized carbons (Fsp3) is 0.429. The molecule has 0 unspecified atom stereocenters. The molecule has 1 N–H and O–H groups in total. The molecule has 2 rings (SSSR count). The van der Waals surface area contributed by atoms with Crippen LogP contribution in [0.1, 0.15) is 39.6 Å². The number of imidazole rings is 1. The van der Waals surface area contributed by atoms with E-state index in [9.17, 15) is 4.79 Å². The first kappa shape index (κ1) is 13.4. The first-order valence-corrected chi connectivity index (χ1v) is 6.28. The lowest BCUT2D eigenvalue weighted by Gasteiger charge is -2.21. The highest BCUT2D eigenvalue weighted by Gasteiger charge is 2.20. The summed E-state index contributed by atoms with van der Waals surface area (Å²) in [5.74, 6) is 0.779. The van der Waals surface area contributed by atoms with Crippen LogP contribution < -0.4 is 5.32 Å². The Kier molecular flexibility index (Phi) is 3.46. The summed E-state index contributed by atoms with van der Waals surface area (Å²) >= 11 is 0. The third kappa shape index (κ3) is 3.24. The summed E-state index contributed by atoms with van der Waals surface area (Å²) in [5, 5.41) is 2.79. The van der Waals surface area contributed by atoms with E-state index in [1.807, 2.05) is 56.5 Å². The third-order valence-electron chi connectivity index (χ3n) is 2.59. The van der Waals surface area contributed by atoms with Crippen molar-refractivity contribution < 1.29 is 9.53 Å². The predicted molar refractivity (Wildman–Crippen MR) is 73.0 cm³/mol. The number of nitrogens with zero attached hydrogens (tertiary/aromatic N) is 2. The lowest BCUT2D eigenvalue weighted by Crippen LogP contribution is -2.34. The van der Waals surface area contributed by atoms with Gasteiger partial charge in [-0.3, -0.25) is 0 Å². The molecule has 2 aromatic heterocycles. The van der Waals surface area contributed by atoms with Crippen molar-refractivity contribution in [2.75, 3.05) is 0 Å². The van der Waals surface area contributed by atoms with E-state index in [-0.39, 0.29) is 6.04 Å². The van der Waals surface area contributed by atoms with Gasteiger partial charge < -0.3 is 14.5 Å². The van der Waals surface area contributed by atoms with Crippen molar-refractivity contribution in [3.8, 4) is 0 Å². The smallest absolute Gasteiger partial charge is 0.408 e. The van der Waals surface area contributed by atoms with Crippen LogP contribution in [-0.4, -0.2) is 21.1 Å². The topological polar surface area (TPSA) is 55.6 Å². The summed E-state index contributed by atoms with van der Waals surface area (Å²) < 4.78 is 7.18. The van der Waals surface area contributed by atoms with Gasteiger partial charge in [-0.05, 0) is 39.8 Å². The second-order valence-corrected chi connectivity index (χ2v) is 5.48. The first-order chi connectivity index (χ1) is 8.87. The van der Waals surface area contributed by atoms with E-state index in [1.165, 1.54) is 0 Å². The van der Waals surface area contributed by atoms with Crippen LogP contribution in [0.5, 0.6) is 0 Å². The van der Waals surface area contributed by atoms with E-state index in [2.05, 4.69) is 10.3 Å². The van der Waals surface area contributed by atoms with Gasteiger partial charge in [-0.1, -0.05) is 6.07 Å². The summed E-state index contributed by atoms with van der Waals surface area (Å²) in [6.07, 6.45) is 3.26. The number of rotatable bonds is 2. The van der Waals surface area contributed by atoms with Crippen LogP contribution in [0, 0.1) is 0 Å². The minimum absolute atomic E-state index is 0.222. The van der Waals surface area contributed by atoms with Crippen LogP contribution in [-0.2, 0) is 4.74 Å². The molecule has 5 nitrogen and oxygen atoms in total. The van der Waals surface area contributed by atoms with E-state index in [0.717, 1.165) is 11.3 Å². The molecule has 19 heavy (non-hydrogen) atoms. The summed E-state index contributed by atoms with van der Waals surface area (Å²) in [6, 6.07) is 5.63. The van der Waals surface area contributed by atoms with E-state index in [1.54, 1.807) is 6.20 Å². The number of amides is 1. The Bertz CT molecular complexity index is 584. The molecule has 0 aromatic carbocycles. The van der Waals surface area contributed by atoms with E-state index in [4.69, 9.17) is 4.74 Å². The fourth-order valence-corrected chi connectivity index (χ4v) is 1.83. The number of fused-ring (bicyclic) bond motifs is 1. The number of carbonyl (C=O) groups is 1. The zero-order chi connectivity index (χ0) is 14.0. The molecule has 0 saturated heterocycles. The van der Waals surface area contributed by atoms with Crippen molar-refractivity contribution >= 4 is 11.6 Å². The molecule has 5 heteroatoms. The first-order valence-electron chi connectivity index (χ1n) is 6.28. The Morgan fingerprint density at radius 1 is 1.42 bits per heavy atom. The summed E-state index contributed by atoms with van der Waals surface area (Å²) in [7, 11) is 0. The number of hydrogen-bond acceptors (Lipinski definition) is 3. The maximum absolute atomic E-state index is 11.7. The fourth-order valence-electron chi connectivity index (χ4n) is 1.83. The Morgan fingerprint density at radius 2 is 2.16 bits per heavy atom. The van der Waals surface area contributed by atoms with Crippen LogP contribution >= 0.6 is 0 Å². The van der Waals surface area contributed by atoms with Crippen LogP contribution in [0.25, 0.3) is 5.52 Å². The highest BCUT2D eigenvalue weighted by molar-refractivity contribution is 5.68. The molecule has 0 aliphatic carbocycles. The molecular weight excluding hydrogens is 242 g/mol. The number of aromatic nitrogens is 2. The second-order valence-electron chi connectivity index (χ2n) is 5.48. The molecule has 102 valence electrons. The van der Waals surface area contributed by atoms with Crippen LogP contribution in [0.3, 0.4) is 0 Å². The average molecular weight is 261 g/mol. The molecule has 0 spiro atoms. The summed E-state index contributed by atoms with van der Waals surface area (Å²) in [4.78, 5) is 16.1. The Labute approximate surface area is 112 Å². The van der Waals surface area contributed by atoms with Gasteiger partial charge in [0.1, 0.15) is 11.4 Å². The highest BCUT2D eigenvalue weighted by Crippen LogP contribution is 2.15. The predicted octanol–water partition coefficient (Wildman–Crippen LogP) is 2.92. The zero-order valence-corrected chi connectivity index (χ0v) is 11.7. The van der Waals surface area contributed by atoms with Crippen molar-refractivity contribution in [1.29, 1.82) is 0 Å². The molecule has 1 amide bonds. The molecule has 2 aromatic rings. The van der Waals surface area contributed by atoms with E-state index in [0.29, 0.717) is 0 Å². The molecule has 0 bridgehead atoms. The Hall–Kier alpha value is -2.04. The lowest BCUT2D eigenvalue weighted by atomic mass is 10.2. The van der Waals surface area contributed by atoms with Gasteiger partial charge in [0.25, 0.3) is 0 Å². The Morgan fingerprint density at radius 3 is 2.84 bits per heavy atom. The summed E-state index contributed by atoms with van der Waals surface area (Å²) in [5.41, 5.74) is 0.494. The van der Waals surface area contributed by atoms with Gasteiger partial charge in [0.2, 0.25) is 0 Å². The number of ether oxygens (including phenoxy) is 1. The molecule has 1 atom stereocenters. The maximum atomic E-state index is 11.7. The Balaban J connectivity index is 2.12. The molecule has 0 aliphatic heterocycles. The molecule has 0 fully saturated rings. The molecule has 0 saturated carbocycles. The van der Waals surface area contributed by atoms with Crippen LogP contribution in [0.15, 0.2) is 30.6 Å². The van der Waals surface area contributed by atoms with Gasteiger partial charge in [0.15, 0.2) is 0 Å². The number of nitrogens with one attached hydrogen (secondary N) is 1. The van der Waals surface area contributed by atoms with Gasteiger partial charge in [-0.25, -0.2) is 9.78 Å². The quantitative estimate of drug-likeness (QED) is 0.904. The SMILES string of the molecule is C[C@@H](NC(=O)OC(C)(C)C)c1ncc2ccccn12. The second kappa shape index (κ2) is 4.91. The van der Waals surface area contributed by atoms with Gasteiger partial charge in [-0.15, -0.1) is 0 Å². The number of carbonyl (C=O) groups excluding carboxylic acids is 1. The third-order valence-corrected chi connectivity index (χ3v) is 2.59. The number of hydrogen-bond donors (Lipinski definition) is 1. The molecule has 0 radical (unpaired) electrons. The van der Waals surface area contributed by atoms with Gasteiger partial charge in [0, 0.05) is 6.20 Å². The van der Waals surface area contributed by atoms with Crippen molar-refractivity contribution in [3.05, 3.63) is 36.4 Å². The van der Waals surface area contributed by atoms with Crippen molar-refractivity contribution in [2.45, 2.75) is 39.3 Å². The van der Waals surface area contributed by atoms with Gasteiger partial charge in [-0.2, -0.15) is 0 Å². The van der Waals surface area contributed by atoms with Crippen molar-refractivity contribution in [1.82, 2.24) is 14.7 Å². The van der Waals surface area contributed by atoms with Crippen molar-refractivity contribution in [2.24, 2.45) is 0 Å². The van der Waals surface area contributed by atoms with Crippen molar-refractivity contribution in [3.63, 3.8) is 0 Å². The normalized spacial score (nSPS) is 13.3. The number of alkyl carbamates (subject to hydrolysis) is 1. The van der Waals surface area contributed by atoms with Gasteiger partial charge in [0.05, 0.1) is 17.8 Å². The molecule has 0 aliphatic rings. The number of pyridine rings is 1. The van der Waals surface area contributed by atoms with Gasteiger partial charge >= 0.3 is 6.09 Å². The lowest BCUT2D eigenvalue weighted by molar-refractivity contribution is 0.0505. The summed E-state index contributed by atoms with van der Waals surface area (Å²) in [6.45, 7) is 7.39. The van der Waals surface area contributed by atoms with E-state index < -0.39 is 11.7 Å². The standard InChI is InChI=1S/C14H19N3O2/c1-10(16-13(18)19-14(2,3)4)12-15-9-11-7-5-6-8-17(11)12/h5-10H,1-4H3,(H,16,18)/t10-/m1/s1. The van der Waals surface area contributed by atoms with E-state index >= 15 is 0 Å². The largest absolute Gasteiger partial charge is 0.444 e. The highest BCUT2D eigenvalue weighted by atomic mass is 16.6. The average Bonchev–Trinajstić information content (AvgIpc) is 2.69. The monoisotopic (exact) mass is 261 g/mol. The molecule has 2 heterocycles.